The summed E-state index contributed by atoms with van der Waals surface area (Å²) in [6.07, 6.45) is 0. The standard InChI is InChI=1S/C5H13NOS/c1-6-5-8-4-3-7-2/h6H,3-5H2,1-2H3. The number of thioether (sulfide) groups is 1. The molecule has 0 aromatic rings. The third kappa shape index (κ3) is 6.27. The van der Waals surface area contributed by atoms with Gasteiger partial charge in [-0.3, -0.25) is 0 Å². The summed E-state index contributed by atoms with van der Waals surface area (Å²) in [6.45, 7) is 0.854. The van der Waals surface area contributed by atoms with Gasteiger partial charge in [0.05, 0.1) is 6.61 Å². The fraction of sp³-hybridized carbons (Fsp3) is 1.00. The Hall–Kier alpha value is 0.270. The van der Waals surface area contributed by atoms with Crippen molar-refractivity contribution in [3.8, 4) is 0 Å². The van der Waals surface area contributed by atoms with E-state index in [1.54, 1.807) is 7.11 Å². The third-order valence-electron chi connectivity index (χ3n) is 0.678. The normalized spacial score (nSPS) is 9.75. The van der Waals surface area contributed by atoms with Gasteiger partial charge in [-0.25, -0.2) is 0 Å². The van der Waals surface area contributed by atoms with Crippen LogP contribution in [-0.2, 0) is 4.74 Å². The summed E-state index contributed by atoms with van der Waals surface area (Å²) in [5.41, 5.74) is 0. The van der Waals surface area contributed by atoms with Crippen LogP contribution in [0.3, 0.4) is 0 Å². The van der Waals surface area contributed by atoms with E-state index in [1.807, 2.05) is 18.8 Å². The predicted octanol–water partition coefficient (Wildman–Crippen LogP) is 0.543. The Bertz CT molecular complexity index is 37.4. The summed E-state index contributed by atoms with van der Waals surface area (Å²) in [5.74, 6) is 2.10. The zero-order valence-electron chi connectivity index (χ0n) is 5.44. The van der Waals surface area contributed by atoms with E-state index < -0.39 is 0 Å². The highest BCUT2D eigenvalue weighted by molar-refractivity contribution is 7.99. The summed E-state index contributed by atoms with van der Waals surface area (Å²) in [7, 11) is 3.67. The summed E-state index contributed by atoms with van der Waals surface area (Å²) in [4.78, 5) is 0. The first kappa shape index (κ1) is 8.27. The van der Waals surface area contributed by atoms with Crippen LogP contribution in [0.15, 0.2) is 0 Å². The van der Waals surface area contributed by atoms with Crippen LogP contribution in [0.5, 0.6) is 0 Å². The molecule has 2 nitrogen and oxygen atoms in total. The van der Waals surface area contributed by atoms with Crippen LogP contribution in [-0.4, -0.2) is 32.4 Å². The molecule has 3 heteroatoms. The SMILES string of the molecule is CNCSCCOC. The zero-order chi connectivity index (χ0) is 6.24. The lowest BCUT2D eigenvalue weighted by atomic mass is 10.9. The van der Waals surface area contributed by atoms with Gasteiger partial charge in [-0.2, -0.15) is 0 Å². The first-order valence-corrected chi connectivity index (χ1v) is 3.78. The molecular formula is C5H13NOS. The van der Waals surface area contributed by atoms with Gasteiger partial charge < -0.3 is 10.1 Å². The second-order valence-corrected chi connectivity index (χ2v) is 2.50. The Labute approximate surface area is 55.0 Å². The molecule has 0 bridgehead atoms. The third-order valence-corrected chi connectivity index (χ3v) is 1.63. The van der Waals surface area contributed by atoms with Crippen molar-refractivity contribution in [3.63, 3.8) is 0 Å². The van der Waals surface area contributed by atoms with Crippen molar-refractivity contribution in [1.29, 1.82) is 0 Å². The van der Waals surface area contributed by atoms with E-state index in [2.05, 4.69) is 5.32 Å². The number of hydrogen-bond acceptors (Lipinski definition) is 3. The van der Waals surface area contributed by atoms with Crippen LogP contribution >= 0.6 is 11.8 Å². The molecule has 0 atom stereocenters. The minimum absolute atomic E-state index is 0.854. The van der Waals surface area contributed by atoms with Crippen LogP contribution in [0.4, 0.5) is 0 Å². The van der Waals surface area contributed by atoms with Gasteiger partial charge in [0.25, 0.3) is 0 Å². The molecule has 8 heavy (non-hydrogen) atoms. The summed E-state index contributed by atoms with van der Waals surface area (Å²) in [5, 5.41) is 3.03. The molecule has 0 saturated carbocycles. The Balaban J connectivity index is 2.53. The molecule has 0 aromatic carbocycles. The molecule has 0 fully saturated rings. The van der Waals surface area contributed by atoms with Gasteiger partial charge in [-0.1, -0.05) is 0 Å². The summed E-state index contributed by atoms with van der Waals surface area (Å²) >= 11 is 1.84. The van der Waals surface area contributed by atoms with Crippen LogP contribution in [0.2, 0.25) is 0 Å². The quantitative estimate of drug-likeness (QED) is 0.439. The average molecular weight is 135 g/mol. The monoisotopic (exact) mass is 135 g/mol. The molecule has 0 amide bonds. The predicted molar refractivity (Wildman–Crippen MR) is 38.3 cm³/mol. The maximum Gasteiger partial charge on any atom is 0.0553 e. The van der Waals surface area contributed by atoms with Crippen LogP contribution in [0, 0.1) is 0 Å². The molecule has 0 aliphatic carbocycles. The first-order chi connectivity index (χ1) is 3.91. The average Bonchev–Trinajstić information content (AvgIpc) is 1.81. The highest BCUT2D eigenvalue weighted by Crippen LogP contribution is 1.93. The molecule has 0 heterocycles. The Morgan fingerprint density at radius 3 is 2.88 bits per heavy atom. The Morgan fingerprint density at radius 1 is 1.62 bits per heavy atom. The smallest absolute Gasteiger partial charge is 0.0553 e. The minimum Gasteiger partial charge on any atom is -0.384 e. The molecule has 50 valence electrons. The van der Waals surface area contributed by atoms with Crippen molar-refractivity contribution < 1.29 is 4.74 Å². The van der Waals surface area contributed by atoms with Crippen LogP contribution in [0.1, 0.15) is 0 Å². The molecule has 0 radical (unpaired) electrons. The van der Waals surface area contributed by atoms with E-state index in [0.29, 0.717) is 0 Å². The van der Waals surface area contributed by atoms with Gasteiger partial charge in [0.1, 0.15) is 0 Å². The molecule has 0 spiro atoms. The van der Waals surface area contributed by atoms with Crippen LogP contribution < -0.4 is 5.32 Å². The second-order valence-electron chi connectivity index (χ2n) is 1.40. The van der Waals surface area contributed by atoms with Crippen LogP contribution in [0.25, 0.3) is 0 Å². The van der Waals surface area contributed by atoms with Crippen molar-refractivity contribution in [2.45, 2.75) is 0 Å². The molecule has 0 aromatic heterocycles. The highest BCUT2D eigenvalue weighted by atomic mass is 32.2. The highest BCUT2D eigenvalue weighted by Gasteiger charge is 1.82. The maximum atomic E-state index is 4.84. The number of ether oxygens (including phenoxy) is 1. The van der Waals surface area contributed by atoms with Gasteiger partial charge in [0.15, 0.2) is 0 Å². The van der Waals surface area contributed by atoms with Crippen molar-refractivity contribution in [2.24, 2.45) is 0 Å². The number of hydrogen-bond donors (Lipinski definition) is 1. The van der Waals surface area contributed by atoms with Crippen molar-refractivity contribution in [3.05, 3.63) is 0 Å². The van der Waals surface area contributed by atoms with Crippen molar-refractivity contribution in [1.82, 2.24) is 5.32 Å². The van der Waals surface area contributed by atoms with Gasteiger partial charge >= 0.3 is 0 Å². The molecule has 0 rings (SSSR count). The van der Waals surface area contributed by atoms with E-state index >= 15 is 0 Å². The fourth-order valence-electron chi connectivity index (χ4n) is 0.316. The lowest BCUT2D eigenvalue weighted by Crippen LogP contribution is -2.05. The maximum absolute atomic E-state index is 4.84. The molecule has 0 saturated heterocycles. The lowest BCUT2D eigenvalue weighted by Gasteiger charge is -1.96. The number of methoxy groups -OCH3 is 1. The topological polar surface area (TPSA) is 21.3 Å². The van der Waals surface area contributed by atoms with E-state index in [4.69, 9.17) is 4.74 Å². The van der Waals surface area contributed by atoms with Gasteiger partial charge in [0.2, 0.25) is 0 Å². The summed E-state index contributed by atoms with van der Waals surface area (Å²) in [6, 6.07) is 0. The molecule has 1 N–H and O–H groups in total. The second kappa shape index (κ2) is 7.27. The Morgan fingerprint density at radius 2 is 2.38 bits per heavy atom. The number of rotatable bonds is 5. The van der Waals surface area contributed by atoms with E-state index in [1.165, 1.54) is 0 Å². The first-order valence-electron chi connectivity index (χ1n) is 2.63. The van der Waals surface area contributed by atoms with Gasteiger partial charge in [-0.15, -0.1) is 11.8 Å². The minimum atomic E-state index is 0.854. The van der Waals surface area contributed by atoms with E-state index in [0.717, 1.165) is 18.2 Å². The van der Waals surface area contributed by atoms with Gasteiger partial charge in [-0.05, 0) is 7.05 Å². The summed E-state index contributed by atoms with van der Waals surface area (Å²) < 4.78 is 4.84. The lowest BCUT2D eigenvalue weighted by molar-refractivity contribution is 0.218. The van der Waals surface area contributed by atoms with E-state index in [9.17, 15) is 0 Å². The van der Waals surface area contributed by atoms with E-state index in [-0.39, 0.29) is 0 Å². The van der Waals surface area contributed by atoms with Crippen molar-refractivity contribution in [2.75, 3.05) is 32.4 Å². The Kier molecular flexibility index (Phi) is 7.52. The molecule has 0 unspecified atom stereocenters. The fourth-order valence-corrected chi connectivity index (χ4v) is 0.949. The molecule has 0 aliphatic rings. The molecular weight excluding hydrogens is 122 g/mol. The van der Waals surface area contributed by atoms with Crippen molar-refractivity contribution >= 4 is 11.8 Å². The largest absolute Gasteiger partial charge is 0.384 e. The van der Waals surface area contributed by atoms with Gasteiger partial charge in [0, 0.05) is 18.7 Å². The zero-order valence-corrected chi connectivity index (χ0v) is 6.25. The number of nitrogens with one attached hydrogen (secondary N) is 1. The molecule has 0 aliphatic heterocycles.